The third-order valence-electron chi connectivity index (χ3n) is 5.28. The summed E-state index contributed by atoms with van der Waals surface area (Å²) < 4.78 is 10.8. The Morgan fingerprint density at radius 2 is 1.74 bits per heavy atom. The molecular formula is C22H21N3O6. The fraction of sp³-hybridized carbons (Fsp3) is 0.273. The Morgan fingerprint density at radius 3 is 2.45 bits per heavy atom. The number of rotatable bonds is 5. The molecule has 0 saturated carbocycles. The van der Waals surface area contributed by atoms with Crippen molar-refractivity contribution < 1.29 is 24.0 Å². The number of nitro benzene ring substituents is 1. The Bertz CT molecular complexity index is 1030. The number of piperazine rings is 1. The van der Waals surface area contributed by atoms with E-state index in [0.717, 1.165) is 11.3 Å². The second kappa shape index (κ2) is 8.86. The smallest absolute Gasteiger partial charge is 0.338 e. The van der Waals surface area contributed by atoms with E-state index >= 15 is 0 Å². The van der Waals surface area contributed by atoms with Gasteiger partial charge < -0.3 is 19.3 Å². The molecule has 1 saturated heterocycles. The zero-order chi connectivity index (χ0) is 21.8. The molecule has 4 rings (SSSR count). The summed E-state index contributed by atoms with van der Waals surface area (Å²) in [4.78, 5) is 38.8. The lowest BCUT2D eigenvalue weighted by Gasteiger charge is -2.36. The molecular weight excluding hydrogens is 402 g/mol. The standard InChI is InChI=1S/C22H21N3O6/c26-21(15-31-22(27)17-13-16-3-1-2-4-20(16)30-14-17)24-11-9-23(10-12-24)18-5-7-19(8-6-18)25(28)29/h1-8,13H,9-12,14-15H2. The van der Waals surface area contributed by atoms with Gasteiger partial charge >= 0.3 is 5.97 Å². The van der Waals surface area contributed by atoms with Crippen molar-refractivity contribution >= 4 is 29.3 Å². The Kier molecular flexibility index (Phi) is 5.83. The summed E-state index contributed by atoms with van der Waals surface area (Å²) in [7, 11) is 0. The second-order valence-electron chi connectivity index (χ2n) is 7.21. The number of non-ortho nitro benzene ring substituents is 1. The molecule has 0 unspecified atom stereocenters. The van der Waals surface area contributed by atoms with E-state index in [4.69, 9.17) is 9.47 Å². The molecule has 2 aromatic rings. The van der Waals surface area contributed by atoms with E-state index in [-0.39, 0.29) is 24.8 Å². The van der Waals surface area contributed by atoms with Gasteiger partial charge in [0.25, 0.3) is 11.6 Å². The van der Waals surface area contributed by atoms with Crippen LogP contribution in [0.15, 0.2) is 54.1 Å². The number of esters is 1. The minimum atomic E-state index is -0.563. The molecule has 1 fully saturated rings. The molecule has 160 valence electrons. The minimum Gasteiger partial charge on any atom is -0.488 e. The number of para-hydroxylation sites is 1. The van der Waals surface area contributed by atoms with Crippen LogP contribution in [-0.2, 0) is 14.3 Å². The predicted octanol–water partition coefficient (Wildman–Crippen LogP) is 2.26. The Balaban J connectivity index is 1.26. The van der Waals surface area contributed by atoms with Gasteiger partial charge in [-0.25, -0.2) is 4.79 Å². The minimum absolute atomic E-state index is 0.0429. The third kappa shape index (κ3) is 4.66. The second-order valence-corrected chi connectivity index (χ2v) is 7.21. The third-order valence-corrected chi connectivity index (χ3v) is 5.28. The molecule has 0 atom stereocenters. The van der Waals surface area contributed by atoms with Gasteiger partial charge in [0.1, 0.15) is 12.4 Å². The predicted molar refractivity (Wildman–Crippen MR) is 113 cm³/mol. The monoisotopic (exact) mass is 423 g/mol. The normalized spacial score (nSPS) is 15.4. The van der Waals surface area contributed by atoms with Crippen molar-refractivity contribution in [2.24, 2.45) is 0 Å². The first-order valence-electron chi connectivity index (χ1n) is 9.88. The fourth-order valence-electron chi connectivity index (χ4n) is 3.54. The SMILES string of the molecule is O=C(OCC(=O)N1CCN(c2ccc([N+](=O)[O-])cc2)CC1)C1=Cc2ccccc2OC1. The number of benzene rings is 2. The lowest BCUT2D eigenvalue weighted by Crippen LogP contribution is -2.50. The number of anilines is 1. The first-order valence-corrected chi connectivity index (χ1v) is 9.88. The maximum atomic E-state index is 12.5. The lowest BCUT2D eigenvalue weighted by molar-refractivity contribution is -0.384. The van der Waals surface area contributed by atoms with Gasteiger partial charge in [-0.3, -0.25) is 14.9 Å². The van der Waals surface area contributed by atoms with Crippen molar-refractivity contribution in [1.29, 1.82) is 0 Å². The number of carbonyl (C=O) groups is 2. The van der Waals surface area contributed by atoms with E-state index in [1.165, 1.54) is 12.1 Å². The number of hydrogen-bond donors (Lipinski definition) is 0. The van der Waals surface area contributed by atoms with E-state index in [1.807, 2.05) is 24.3 Å². The van der Waals surface area contributed by atoms with Crippen LogP contribution in [0.5, 0.6) is 5.75 Å². The number of carbonyl (C=O) groups excluding carboxylic acids is 2. The molecule has 0 bridgehead atoms. The molecule has 2 aliphatic heterocycles. The maximum Gasteiger partial charge on any atom is 0.338 e. The molecule has 0 spiro atoms. The van der Waals surface area contributed by atoms with Crippen molar-refractivity contribution in [3.05, 3.63) is 69.8 Å². The lowest BCUT2D eigenvalue weighted by atomic mass is 10.1. The molecule has 2 aliphatic rings. The largest absolute Gasteiger partial charge is 0.488 e. The Labute approximate surface area is 178 Å². The summed E-state index contributed by atoms with van der Waals surface area (Å²) in [5, 5.41) is 10.8. The number of amides is 1. The molecule has 2 aromatic carbocycles. The van der Waals surface area contributed by atoms with Gasteiger partial charge in [0.2, 0.25) is 0 Å². The molecule has 0 radical (unpaired) electrons. The number of ether oxygens (including phenoxy) is 2. The summed E-state index contributed by atoms with van der Waals surface area (Å²) in [6.45, 7) is 1.92. The molecule has 1 amide bonds. The van der Waals surface area contributed by atoms with E-state index < -0.39 is 10.9 Å². The highest BCUT2D eigenvalue weighted by Gasteiger charge is 2.24. The molecule has 0 N–H and O–H groups in total. The van der Waals surface area contributed by atoms with Gasteiger partial charge in [-0.05, 0) is 24.3 Å². The summed E-state index contributed by atoms with van der Waals surface area (Å²) >= 11 is 0. The molecule has 31 heavy (non-hydrogen) atoms. The van der Waals surface area contributed by atoms with Crippen molar-refractivity contribution in [2.75, 3.05) is 44.3 Å². The van der Waals surface area contributed by atoms with Crippen molar-refractivity contribution in [3.8, 4) is 5.75 Å². The molecule has 0 aliphatic carbocycles. The van der Waals surface area contributed by atoms with Crippen LogP contribution in [0, 0.1) is 10.1 Å². The van der Waals surface area contributed by atoms with E-state index in [9.17, 15) is 19.7 Å². The number of fused-ring (bicyclic) bond motifs is 1. The van der Waals surface area contributed by atoms with Crippen LogP contribution in [0.3, 0.4) is 0 Å². The van der Waals surface area contributed by atoms with Gasteiger partial charge in [0.05, 0.1) is 10.5 Å². The summed E-state index contributed by atoms with van der Waals surface area (Å²) in [6, 6.07) is 13.7. The van der Waals surface area contributed by atoms with Gasteiger partial charge in [0.15, 0.2) is 6.61 Å². The first kappa shape index (κ1) is 20.4. The van der Waals surface area contributed by atoms with Gasteiger partial charge in [0, 0.05) is 49.6 Å². The van der Waals surface area contributed by atoms with Crippen molar-refractivity contribution in [1.82, 2.24) is 4.90 Å². The number of hydrogen-bond acceptors (Lipinski definition) is 7. The van der Waals surface area contributed by atoms with Crippen LogP contribution < -0.4 is 9.64 Å². The van der Waals surface area contributed by atoms with Gasteiger partial charge in [-0.1, -0.05) is 18.2 Å². The van der Waals surface area contributed by atoms with Crippen molar-refractivity contribution in [3.63, 3.8) is 0 Å². The number of nitro groups is 1. The van der Waals surface area contributed by atoms with Crippen LogP contribution in [0.25, 0.3) is 6.08 Å². The zero-order valence-electron chi connectivity index (χ0n) is 16.7. The Morgan fingerprint density at radius 1 is 1.03 bits per heavy atom. The van der Waals surface area contributed by atoms with Gasteiger partial charge in [-0.2, -0.15) is 0 Å². The summed E-state index contributed by atoms with van der Waals surface area (Å²) in [5.41, 5.74) is 2.08. The average Bonchev–Trinajstić information content (AvgIpc) is 2.82. The Hall–Kier alpha value is -3.88. The molecule has 2 heterocycles. The fourth-order valence-corrected chi connectivity index (χ4v) is 3.54. The van der Waals surface area contributed by atoms with Crippen LogP contribution in [0.1, 0.15) is 5.56 Å². The highest BCUT2D eigenvalue weighted by Crippen LogP contribution is 2.26. The van der Waals surface area contributed by atoms with E-state index in [2.05, 4.69) is 4.90 Å². The van der Waals surface area contributed by atoms with E-state index in [1.54, 1.807) is 23.1 Å². The topological polar surface area (TPSA) is 102 Å². The highest BCUT2D eigenvalue weighted by atomic mass is 16.6. The van der Waals surface area contributed by atoms with Crippen LogP contribution in [-0.4, -0.2) is 61.1 Å². The zero-order valence-corrected chi connectivity index (χ0v) is 16.7. The summed E-state index contributed by atoms with van der Waals surface area (Å²) in [5.74, 6) is -0.109. The molecule has 9 nitrogen and oxygen atoms in total. The number of nitrogens with zero attached hydrogens (tertiary/aromatic N) is 3. The summed E-state index contributed by atoms with van der Waals surface area (Å²) in [6.07, 6.45) is 1.72. The van der Waals surface area contributed by atoms with Crippen LogP contribution in [0.2, 0.25) is 0 Å². The molecule has 9 heteroatoms. The van der Waals surface area contributed by atoms with Gasteiger partial charge in [-0.15, -0.1) is 0 Å². The quantitative estimate of drug-likeness (QED) is 0.413. The average molecular weight is 423 g/mol. The van der Waals surface area contributed by atoms with E-state index in [0.29, 0.717) is 37.5 Å². The highest BCUT2D eigenvalue weighted by molar-refractivity contribution is 5.96. The van der Waals surface area contributed by atoms with Crippen LogP contribution >= 0.6 is 0 Å². The first-order chi connectivity index (χ1) is 15.0. The van der Waals surface area contributed by atoms with Crippen molar-refractivity contribution in [2.45, 2.75) is 0 Å². The van der Waals surface area contributed by atoms with Crippen LogP contribution in [0.4, 0.5) is 11.4 Å². The molecule has 0 aromatic heterocycles. The maximum absolute atomic E-state index is 12.5.